The second-order valence-corrected chi connectivity index (χ2v) is 9.81. The number of rotatable bonds is 2. The first-order valence-electron chi connectivity index (χ1n) is 10.1. The number of hydrogen-bond donors (Lipinski definition) is 0. The Balaban J connectivity index is 1.66. The quantitative estimate of drug-likeness (QED) is 0.544. The van der Waals surface area contributed by atoms with Crippen molar-refractivity contribution >= 4 is 17.3 Å². The van der Waals surface area contributed by atoms with Gasteiger partial charge in [-0.3, -0.25) is 4.79 Å². The van der Waals surface area contributed by atoms with Crippen LogP contribution in [-0.4, -0.2) is 28.6 Å². The SMILES string of the molecule is CC(=O)OC1(c2nccs2)O[C@@H]2O[C@@]3(C)CC[C@H]4[C@H](C)CC[C@@H](C1C)[C@@]24OO3. The number of thiazole rings is 1. The fourth-order valence-electron chi connectivity index (χ4n) is 5.93. The number of nitrogens with zero attached hydrogens (tertiary/aromatic N) is 1. The molecule has 1 aliphatic carbocycles. The van der Waals surface area contributed by atoms with Crippen LogP contribution in [0.1, 0.15) is 58.4 Å². The van der Waals surface area contributed by atoms with Gasteiger partial charge < -0.3 is 14.2 Å². The molecule has 1 spiro atoms. The van der Waals surface area contributed by atoms with E-state index in [9.17, 15) is 4.79 Å². The highest BCUT2D eigenvalue weighted by Gasteiger charge is 2.73. The molecule has 0 amide bonds. The van der Waals surface area contributed by atoms with Crippen molar-refractivity contribution in [3.05, 3.63) is 16.6 Å². The van der Waals surface area contributed by atoms with Gasteiger partial charge in [0.15, 0.2) is 16.9 Å². The molecule has 8 heteroatoms. The lowest BCUT2D eigenvalue weighted by atomic mass is 9.57. The highest BCUT2D eigenvalue weighted by molar-refractivity contribution is 7.09. The second kappa shape index (κ2) is 6.22. The van der Waals surface area contributed by atoms with Crippen molar-refractivity contribution in [3.63, 3.8) is 0 Å². The molecule has 2 bridgehead atoms. The predicted octanol–water partition coefficient (Wildman–Crippen LogP) is 3.74. The molecule has 7 nitrogen and oxygen atoms in total. The zero-order valence-electron chi connectivity index (χ0n) is 16.7. The van der Waals surface area contributed by atoms with Gasteiger partial charge in [0.2, 0.25) is 5.79 Å². The van der Waals surface area contributed by atoms with Crippen molar-refractivity contribution in [1.29, 1.82) is 0 Å². The molecule has 0 radical (unpaired) electrons. The van der Waals surface area contributed by atoms with Crippen molar-refractivity contribution < 1.29 is 28.8 Å². The van der Waals surface area contributed by atoms with Crippen LogP contribution in [0.5, 0.6) is 0 Å². The number of esters is 1. The molecule has 0 aromatic carbocycles. The van der Waals surface area contributed by atoms with E-state index in [2.05, 4.69) is 18.8 Å². The van der Waals surface area contributed by atoms with E-state index in [0.29, 0.717) is 10.9 Å². The molecule has 5 fully saturated rings. The molecule has 1 saturated carbocycles. The molecule has 4 aliphatic heterocycles. The van der Waals surface area contributed by atoms with E-state index in [0.717, 1.165) is 25.7 Å². The zero-order chi connectivity index (χ0) is 19.7. The van der Waals surface area contributed by atoms with Gasteiger partial charge in [0.05, 0.1) is 0 Å². The zero-order valence-corrected chi connectivity index (χ0v) is 17.5. The summed E-state index contributed by atoms with van der Waals surface area (Å²) in [5.41, 5.74) is -0.700. The van der Waals surface area contributed by atoms with E-state index in [-0.39, 0.29) is 17.8 Å². The summed E-state index contributed by atoms with van der Waals surface area (Å²) in [6, 6.07) is 0. The molecule has 2 unspecified atom stereocenters. The summed E-state index contributed by atoms with van der Waals surface area (Å²) in [4.78, 5) is 28.6. The van der Waals surface area contributed by atoms with Crippen molar-refractivity contribution in [2.75, 3.05) is 0 Å². The first-order valence-corrected chi connectivity index (χ1v) is 11.0. The smallest absolute Gasteiger partial charge is 0.305 e. The third-order valence-corrected chi connectivity index (χ3v) is 8.16. The first-order chi connectivity index (χ1) is 13.3. The third-order valence-electron chi connectivity index (χ3n) is 7.29. The fraction of sp³-hybridized carbons (Fsp3) is 0.800. The summed E-state index contributed by atoms with van der Waals surface area (Å²) >= 11 is 1.43. The topological polar surface area (TPSA) is 76.1 Å². The van der Waals surface area contributed by atoms with Crippen molar-refractivity contribution in [1.82, 2.24) is 4.98 Å². The average molecular weight is 410 g/mol. The molecular weight excluding hydrogens is 382 g/mol. The molecule has 4 saturated heterocycles. The van der Waals surface area contributed by atoms with Gasteiger partial charge in [-0.25, -0.2) is 14.8 Å². The number of fused-ring (bicyclic) bond motifs is 2. The Morgan fingerprint density at radius 3 is 2.75 bits per heavy atom. The van der Waals surface area contributed by atoms with Crippen LogP contribution < -0.4 is 0 Å². The Labute approximate surface area is 168 Å². The van der Waals surface area contributed by atoms with Gasteiger partial charge in [-0.15, -0.1) is 11.3 Å². The average Bonchev–Trinajstić information content (AvgIpc) is 3.09. The lowest BCUT2D eigenvalue weighted by Crippen LogP contribution is -2.72. The number of carbonyl (C=O) groups excluding carboxylic acids is 1. The number of hydrogen-bond acceptors (Lipinski definition) is 8. The van der Waals surface area contributed by atoms with Crippen LogP contribution in [-0.2, 0) is 34.6 Å². The largest absolute Gasteiger partial charge is 0.426 e. The van der Waals surface area contributed by atoms with Crippen LogP contribution in [0.3, 0.4) is 0 Å². The van der Waals surface area contributed by atoms with E-state index < -0.39 is 29.4 Å². The maximum atomic E-state index is 12.1. The summed E-state index contributed by atoms with van der Waals surface area (Å²) < 4.78 is 18.8. The van der Waals surface area contributed by atoms with Crippen LogP contribution in [0, 0.1) is 23.7 Å². The summed E-state index contributed by atoms with van der Waals surface area (Å²) in [6.45, 7) is 7.63. The summed E-state index contributed by atoms with van der Waals surface area (Å²) in [6.07, 6.45) is 4.73. The van der Waals surface area contributed by atoms with Crippen molar-refractivity contribution in [2.45, 2.75) is 76.8 Å². The molecule has 1 aromatic rings. The minimum Gasteiger partial charge on any atom is -0.426 e. The van der Waals surface area contributed by atoms with Gasteiger partial charge in [0, 0.05) is 36.8 Å². The highest BCUT2D eigenvalue weighted by atomic mass is 32.1. The summed E-state index contributed by atoms with van der Waals surface area (Å²) in [5.74, 6) is -1.93. The van der Waals surface area contributed by atoms with E-state index in [1.165, 1.54) is 18.3 Å². The maximum Gasteiger partial charge on any atom is 0.305 e. The Hall–Kier alpha value is -1.06. The molecule has 0 N–H and O–H groups in total. The molecule has 6 rings (SSSR count). The monoisotopic (exact) mass is 409 g/mol. The Bertz CT molecular complexity index is 773. The van der Waals surface area contributed by atoms with Crippen LogP contribution in [0.25, 0.3) is 0 Å². The standard InChI is InChI=1S/C20H27NO6S/c1-11-5-6-15-12(2)20(23-13(3)22,16-21-9-10-28-16)25-17-19(15)14(11)7-8-18(4,24-17)26-27-19/h9-12,14-15,17H,5-8H2,1-4H3/t11-,12?,14+,15+,17+,18-,19-,20?/m1/s1. The third kappa shape index (κ3) is 2.41. The second-order valence-electron chi connectivity index (χ2n) is 8.92. The number of carbonyl (C=O) groups is 1. The van der Waals surface area contributed by atoms with Gasteiger partial charge in [-0.05, 0) is 38.0 Å². The lowest BCUT2D eigenvalue weighted by Gasteiger charge is -2.62. The van der Waals surface area contributed by atoms with E-state index >= 15 is 0 Å². The predicted molar refractivity (Wildman–Crippen MR) is 98.6 cm³/mol. The maximum absolute atomic E-state index is 12.1. The molecular formula is C20H27NO6S. The van der Waals surface area contributed by atoms with Gasteiger partial charge in [-0.1, -0.05) is 13.8 Å². The van der Waals surface area contributed by atoms with E-state index in [1.807, 2.05) is 12.3 Å². The van der Waals surface area contributed by atoms with Gasteiger partial charge >= 0.3 is 5.97 Å². The number of aromatic nitrogens is 1. The van der Waals surface area contributed by atoms with Crippen LogP contribution in [0.4, 0.5) is 0 Å². The number of ether oxygens (including phenoxy) is 3. The normalized spacial score (nSPS) is 49.9. The van der Waals surface area contributed by atoms with Crippen LogP contribution >= 0.6 is 11.3 Å². The molecule has 5 heterocycles. The Morgan fingerprint density at radius 1 is 1.21 bits per heavy atom. The Morgan fingerprint density at radius 2 is 2.04 bits per heavy atom. The van der Waals surface area contributed by atoms with Crippen molar-refractivity contribution in [2.24, 2.45) is 23.7 Å². The van der Waals surface area contributed by atoms with Gasteiger partial charge in [-0.2, -0.15) is 0 Å². The molecule has 154 valence electrons. The first kappa shape index (κ1) is 18.9. The summed E-state index contributed by atoms with van der Waals surface area (Å²) in [7, 11) is 0. The molecule has 8 atom stereocenters. The molecule has 28 heavy (non-hydrogen) atoms. The highest BCUT2D eigenvalue weighted by Crippen LogP contribution is 2.64. The van der Waals surface area contributed by atoms with Gasteiger partial charge in [0.1, 0.15) is 0 Å². The van der Waals surface area contributed by atoms with E-state index in [4.69, 9.17) is 24.0 Å². The van der Waals surface area contributed by atoms with Crippen LogP contribution in [0.2, 0.25) is 0 Å². The lowest BCUT2D eigenvalue weighted by molar-refractivity contribution is -0.587. The molecule has 5 aliphatic rings. The van der Waals surface area contributed by atoms with E-state index in [1.54, 1.807) is 6.20 Å². The van der Waals surface area contributed by atoms with Gasteiger partial charge in [0.25, 0.3) is 5.79 Å². The van der Waals surface area contributed by atoms with Crippen LogP contribution in [0.15, 0.2) is 11.6 Å². The molecule has 1 aromatic heterocycles. The minimum absolute atomic E-state index is 0.0540. The van der Waals surface area contributed by atoms with Crippen molar-refractivity contribution in [3.8, 4) is 0 Å². The Kier molecular flexibility index (Phi) is 4.21. The fourth-order valence-corrected chi connectivity index (χ4v) is 6.74. The summed E-state index contributed by atoms with van der Waals surface area (Å²) in [5, 5.41) is 2.50. The minimum atomic E-state index is -1.28.